The van der Waals surface area contributed by atoms with E-state index in [1.165, 1.54) is 4.90 Å². The van der Waals surface area contributed by atoms with Gasteiger partial charge in [0.25, 0.3) is 0 Å². The first-order valence-corrected chi connectivity index (χ1v) is 13.7. The number of benzene rings is 1. The number of hydrogen-bond acceptors (Lipinski definition) is 5. The topological polar surface area (TPSA) is 131 Å². The minimum atomic E-state index is -1.09. The van der Waals surface area contributed by atoms with Crippen LogP contribution in [-0.2, 0) is 19.1 Å². The first-order chi connectivity index (χ1) is 17.8. The molecule has 1 rings (SSSR count). The molecule has 9 nitrogen and oxygen atoms in total. The summed E-state index contributed by atoms with van der Waals surface area (Å²) in [7, 11) is 0. The van der Waals surface area contributed by atoms with E-state index in [0.29, 0.717) is 18.5 Å². The summed E-state index contributed by atoms with van der Waals surface area (Å²) in [5, 5.41) is 5.69. The molecule has 0 saturated heterocycles. The molecule has 0 radical (unpaired) electrons. The predicted molar refractivity (Wildman–Crippen MR) is 149 cm³/mol. The van der Waals surface area contributed by atoms with Crippen LogP contribution in [0.3, 0.4) is 0 Å². The van der Waals surface area contributed by atoms with Crippen LogP contribution < -0.4 is 16.4 Å². The first kappa shape index (κ1) is 32.9. The molecule has 9 heteroatoms. The van der Waals surface area contributed by atoms with Crippen LogP contribution in [-0.4, -0.2) is 52.9 Å². The number of nitrogens with zero attached hydrogens (tertiary/aromatic N) is 1. The number of alkyl carbamates (subject to hydrolysis) is 1. The van der Waals surface area contributed by atoms with Gasteiger partial charge in [0.1, 0.15) is 17.7 Å². The quantitative estimate of drug-likeness (QED) is 0.286. The molecule has 3 atom stereocenters. The second-order valence-electron chi connectivity index (χ2n) is 11.0. The van der Waals surface area contributed by atoms with Crippen LogP contribution in [0.15, 0.2) is 24.3 Å². The van der Waals surface area contributed by atoms with Crippen molar-refractivity contribution in [3.05, 3.63) is 35.4 Å². The second-order valence-corrected chi connectivity index (χ2v) is 11.0. The number of ether oxygens (including phenoxy) is 1. The molecule has 4 amide bonds. The number of aryl methyl sites for hydroxylation is 1. The van der Waals surface area contributed by atoms with Crippen LogP contribution in [0.1, 0.15) is 104 Å². The Kier molecular flexibility index (Phi) is 13.9. The fourth-order valence-corrected chi connectivity index (χ4v) is 4.23. The van der Waals surface area contributed by atoms with Gasteiger partial charge in [-0.3, -0.25) is 14.4 Å². The fraction of sp³-hybridized carbons (Fsp3) is 0.655. The maximum absolute atomic E-state index is 14.1. The molecule has 0 aliphatic heterocycles. The number of rotatable bonds is 15. The molecule has 0 spiro atoms. The average molecular weight is 533 g/mol. The highest BCUT2D eigenvalue weighted by Gasteiger charge is 2.36. The molecule has 0 saturated carbocycles. The van der Waals surface area contributed by atoms with Gasteiger partial charge in [0.15, 0.2) is 0 Å². The lowest BCUT2D eigenvalue weighted by molar-refractivity contribution is -0.143. The summed E-state index contributed by atoms with van der Waals surface area (Å²) >= 11 is 0. The molecule has 38 heavy (non-hydrogen) atoms. The molecule has 0 aromatic heterocycles. The van der Waals surface area contributed by atoms with Gasteiger partial charge < -0.3 is 26.0 Å². The number of primary amides is 1. The third-order valence-corrected chi connectivity index (χ3v) is 5.98. The minimum Gasteiger partial charge on any atom is -0.444 e. The standard InChI is InChI=1S/C29H48N4O5/c1-8-10-11-18-33(27(36)23(16-17-24(30)34)32-28(37)38-29(5,6)7)25(22-15-12-14-20(3)19-22)26(35)31-21(4)13-9-2/h12,14-15,19,21,23,25H,8-11,13,16-18H2,1-7H3,(H2,30,34)(H,31,35)(H,32,37). The zero-order valence-electron chi connectivity index (χ0n) is 24.3. The maximum Gasteiger partial charge on any atom is 0.408 e. The van der Waals surface area contributed by atoms with E-state index < -0.39 is 35.6 Å². The van der Waals surface area contributed by atoms with Crippen LogP contribution >= 0.6 is 0 Å². The molecule has 0 aliphatic rings. The summed E-state index contributed by atoms with van der Waals surface area (Å²) in [6.07, 6.45) is 3.29. The molecule has 0 heterocycles. The first-order valence-electron chi connectivity index (χ1n) is 13.7. The van der Waals surface area contributed by atoms with Crippen molar-refractivity contribution < 1.29 is 23.9 Å². The van der Waals surface area contributed by atoms with Crippen molar-refractivity contribution in [1.29, 1.82) is 0 Å². The lowest BCUT2D eigenvalue weighted by Gasteiger charge is -2.35. The van der Waals surface area contributed by atoms with Crippen LogP contribution in [0, 0.1) is 6.92 Å². The fourth-order valence-electron chi connectivity index (χ4n) is 4.23. The number of amides is 4. The van der Waals surface area contributed by atoms with Gasteiger partial charge in [-0.15, -0.1) is 0 Å². The summed E-state index contributed by atoms with van der Waals surface area (Å²) in [5.74, 6) is -1.34. The molecule has 0 aliphatic carbocycles. The molecular formula is C29H48N4O5. The van der Waals surface area contributed by atoms with Crippen molar-refractivity contribution in [2.75, 3.05) is 6.54 Å². The molecule has 1 aromatic rings. The minimum absolute atomic E-state index is 0.00786. The van der Waals surface area contributed by atoms with E-state index in [1.807, 2.05) is 45.0 Å². The Morgan fingerprint density at radius 3 is 2.26 bits per heavy atom. The third kappa shape index (κ3) is 12.0. The van der Waals surface area contributed by atoms with E-state index in [2.05, 4.69) is 17.6 Å². The molecule has 4 N–H and O–H groups in total. The van der Waals surface area contributed by atoms with Crippen molar-refractivity contribution in [3.63, 3.8) is 0 Å². The van der Waals surface area contributed by atoms with Crippen molar-refractivity contribution >= 4 is 23.8 Å². The molecule has 0 fully saturated rings. The van der Waals surface area contributed by atoms with E-state index >= 15 is 0 Å². The van der Waals surface area contributed by atoms with E-state index in [0.717, 1.165) is 31.2 Å². The zero-order chi connectivity index (χ0) is 28.9. The average Bonchev–Trinajstić information content (AvgIpc) is 2.79. The van der Waals surface area contributed by atoms with Gasteiger partial charge >= 0.3 is 6.09 Å². The Hall–Kier alpha value is -3.10. The largest absolute Gasteiger partial charge is 0.444 e. The van der Waals surface area contributed by atoms with Crippen molar-refractivity contribution in [1.82, 2.24) is 15.5 Å². The van der Waals surface area contributed by atoms with Gasteiger partial charge in [0, 0.05) is 19.0 Å². The molecule has 3 unspecified atom stereocenters. The Morgan fingerprint density at radius 1 is 1.03 bits per heavy atom. The third-order valence-electron chi connectivity index (χ3n) is 5.98. The molecular weight excluding hydrogens is 484 g/mol. The summed E-state index contributed by atoms with van der Waals surface area (Å²) < 4.78 is 5.38. The SMILES string of the molecule is CCCCCN(C(=O)C(CCC(N)=O)NC(=O)OC(C)(C)C)C(C(=O)NC(C)CCC)c1cccc(C)c1. The second kappa shape index (κ2) is 16.0. The van der Waals surface area contributed by atoms with E-state index in [1.54, 1.807) is 20.8 Å². The normalized spacial score (nSPS) is 13.7. The number of nitrogens with one attached hydrogen (secondary N) is 2. The van der Waals surface area contributed by atoms with Crippen LogP contribution in [0.2, 0.25) is 0 Å². The van der Waals surface area contributed by atoms with Crippen molar-refractivity contribution in [2.45, 2.75) is 117 Å². The van der Waals surface area contributed by atoms with Gasteiger partial charge in [0.2, 0.25) is 17.7 Å². The van der Waals surface area contributed by atoms with Crippen molar-refractivity contribution in [3.8, 4) is 0 Å². The smallest absolute Gasteiger partial charge is 0.408 e. The number of nitrogens with two attached hydrogens (primary N) is 1. The van der Waals surface area contributed by atoms with Gasteiger partial charge in [-0.25, -0.2) is 4.79 Å². The van der Waals surface area contributed by atoms with E-state index in [-0.39, 0.29) is 24.8 Å². The molecule has 214 valence electrons. The highest BCUT2D eigenvalue weighted by Crippen LogP contribution is 2.25. The Bertz CT molecular complexity index is 928. The summed E-state index contributed by atoms with van der Waals surface area (Å²) in [5.41, 5.74) is 6.24. The van der Waals surface area contributed by atoms with Crippen LogP contribution in [0.25, 0.3) is 0 Å². The molecule has 1 aromatic carbocycles. The Labute approximate surface area is 228 Å². The number of carbonyl (C=O) groups excluding carboxylic acids is 4. The Balaban J connectivity index is 3.50. The van der Waals surface area contributed by atoms with Gasteiger partial charge in [-0.2, -0.15) is 0 Å². The zero-order valence-corrected chi connectivity index (χ0v) is 24.3. The van der Waals surface area contributed by atoms with Gasteiger partial charge in [-0.1, -0.05) is 62.9 Å². The highest BCUT2D eigenvalue weighted by molar-refractivity contribution is 5.92. The summed E-state index contributed by atoms with van der Waals surface area (Å²) in [4.78, 5) is 53.6. The lowest BCUT2D eigenvalue weighted by Crippen LogP contribution is -2.54. The Morgan fingerprint density at radius 2 is 1.71 bits per heavy atom. The highest BCUT2D eigenvalue weighted by atomic mass is 16.6. The van der Waals surface area contributed by atoms with E-state index in [9.17, 15) is 19.2 Å². The van der Waals surface area contributed by atoms with Crippen LogP contribution in [0.4, 0.5) is 4.79 Å². The number of unbranched alkanes of at least 4 members (excludes halogenated alkanes) is 2. The monoisotopic (exact) mass is 532 g/mol. The molecule has 0 bridgehead atoms. The van der Waals surface area contributed by atoms with Crippen molar-refractivity contribution in [2.24, 2.45) is 5.73 Å². The number of carbonyl (C=O) groups is 4. The van der Waals surface area contributed by atoms with Crippen LogP contribution in [0.5, 0.6) is 0 Å². The van der Waals surface area contributed by atoms with E-state index in [4.69, 9.17) is 10.5 Å². The predicted octanol–water partition coefficient (Wildman–Crippen LogP) is 4.52. The van der Waals surface area contributed by atoms with Gasteiger partial charge in [0.05, 0.1) is 0 Å². The number of hydrogen-bond donors (Lipinski definition) is 3. The van der Waals surface area contributed by atoms with Gasteiger partial charge in [-0.05, 0) is 59.4 Å². The summed E-state index contributed by atoms with van der Waals surface area (Å²) in [6, 6.07) is 5.45. The lowest BCUT2D eigenvalue weighted by atomic mass is 9.99. The summed E-state index contributed by atoms with van der Waals surface area (Å²) in [6.45, 7) is 13.5. The maximum atomic E-state index is 14.1.